The third-order valence-electron chi connectivity index (χ3n) is 5.86. The van der Waals surface area contributed by atoms with Crippen LogP contribution in [-0.2, 0) is 0 Å². The van der Waals surface area contributed by atoms with E-state index in [-0.39, 0.29) is 6.10 Å². The van der Waals surface area contributed by atoms with Crippen molar-refractivity contribution < 1.29 is 5.11 Å². The molecule has 0 aromatic rings. The van der Waals surface area contributed by atoms with Gasteiger partial charge in [0.15, 0.2) is 0 Å². The van der Waals surface area contributed by atoms with E-state index in [1.165, 1.54) is 25.3 Å². The van der Waals surface area contributed by atoms with Gasteiger partial charge in [0.05, 0.1) is 14.2 Å². The molecule has 1 aliphatic carbocycles. The molecule has 0 aromatic heterocycles. The van der Waals surface area contributed by atoms with Gasteiger partial charge >= 0.3 is 0 Å². The lowest BCUT2D eigenvalue weighted by Crippen LogP contribution is -2.43. The van der Waals surface area contributed by atoms with Crippen LogP contribution >= 0.6 is 0 Å². The second-order valence-corrected chi connectivity index (χ2v) is 13.8. The van der Waals surface area contributed by atoms with Gasteiger partial charge in [-0.25, -0.2) is 0 Å². The number of allylic oxidation sites excluding steroid dienone is 1. The molecule has 20 heavy (non-hydrogen) atoms. The summed E-state index contributed by atoms with van der Waals surface area (Å²) in [5.41, 5.74) is 2.47. The van der Waals surface area contributed by atoms with Gasteiger partial charge in [0.2, 0.25) is 0 Å². The molecule has 1 aliphatic rings. The molecule has 1 nitrogen and oxygen atoms in total. The Hall–Kier alpha value is -0.0831. The molecule has 0 spiro atoms. The van der Waals surface area contributed by atoms with Gasteiger partial charge in [-0.05, 0) is 18.9 Å². The summed E-state index contributed by atoms with van der Waals surface area (Å²) in [6.07, 6.45) is 9.35. The average Bonchev–Trinajstić information content (AvgIpc) is 2.35. The molecule has 118 valence electrons. The summed E-state index contributed by atoms with van der Waals surface area (Å²) < 4.78 is 0. The monoisotopic (exact) mass is 296 g/mol. The van der Waals surface area contributed by atoms with Crippen LogP contribution in [-0.4, -0.2) is 19.3 Å². The number of aliphatic hydroxyl groups excluding tert-OH is 1. The van der Waals surface area contributed by atoms with Gasteiger partial charge in [0.1, 0.15) is 0 Å². The summed E-state index contributed by atoms with van der Waals surface area (Å²) in [6.45, 7) is 14.6. The second kappa shape index (κ2) is 7.79. The number of aliphatic hydroxyl groups is 1. The molecule has 0 saturated heterocycles. The fourth-order valence-electron chi connectivity index (χ4n) is 4.52. The van der Waals surface area contributed by atoms with Gasteiger partial charge in [-0.15, -0.1) is 0 Å². The molecule has 1 N–H and O–H groups in total. The Labute approximate surface area is 127 Å². The van der Waals surface area contributed by atoms with Crippen molar-refractivity contribution in [1.29, 1.82) is 0 Å². The first-order valence-electron chi connectivity index (χ1n) is 8.67. The first-order valence-corrected chi connectivity index (χ1v) is 11.1. The Balaban J connectivity index is 2.75. The van der Waals surface area contributed by atoms with Crippen molar-refractivity contribution in [1.82, 2.24) is 0 Å². The van der Waals surface area contributed by atoms with E-state index in [0.717, 1.165) is 23.0 Å². The SMILES string of the molecule is CC(C)[Si](C/C=C/[C@H]1CCCC[C@@H]1O)(C(C)C)C(C)C. The molecule has 2 heteroatoms. The molecular weight excluding hydrogens is 260 g/mol. The first-order chi connectivity index (χ1) is 9.32. The molecule has 0 radical (unpaired) electrons. The van der Waals surface area contributed by atoms with Crippen LogP contribution in [0.1, 0.15) is 67.2 Å². The molecule has 0 unspecified atom stereocenters. The predicted molar refractivity (Wildman–Crippen MR) is 93.0 cm³/mol. The normalized spacial score (nSPS) is 25.3. The number of hydrogen-bond donors (Lipinski definition) is 1. The van der Waals surface area contributed by atoms with E-state index in [1.807, 2.05) is 0 Å². The highest BCUT2D eigenvalue weighted by Gasteiger charge is 2.41. The Morgan fingerprint density at radius 2 is 1.45 bits per heavy atom. The number of rotatable bonds is 6. The molecule has 0 aromatic carbocycles. The van der Waals surface area contributed by atoms with E-state index in [1.54, 1.807) is 0 Å². The van der Waals surface area contributed by atoms with Crippen molar-refractivity contribution >= 4 is 8.07 Å². The first kappa shape index (κ1) is 18.0. The van der Waals surface area contributed by atoms with Crippen LogP contribution in [0, 0.1) is 5.92 Å². The van der Waals surface area contributed by atoms with E-state index in [0.29, 0.717) is 5.92 Å². The topological polar surface area (TPSA) is 20.2 Å². The molecule has 1 saturated carbocycles. The minimum Gasteiger partial charge on any atom is -0.393 e. The minimum absolute atomic E-state index is 0.0896. The maximum Gasteiger partial charge on any atom is 0.0650 e. The second-order valence-electron chi connectivity index (χ2n) is 7.72. The molecule has 1 fully saturated rings. The van der Waals surface area contributed by atoms with Crippen molar-refractivity contribution in [3.05, 3.63) is 12.2 Å². The molecular formula is C18H36OSi. The zero-order valence-corrected chi connectivity index (χ0v) is 15.5. The van der Waals surface area contributed by atoms with E-state index in [4.69, 9.17) is 0 Å². The Morgan fingerprint density at radius 1 is 0.950 bits per heavy atom. The fraction of sp³-hybridized carbons (Fsp3) is 0.889. The van der Waals surface area contributed by atoms with Gasteiger partial charge < -0.3 is 5.11 Å². The lowest BCUT2D eigenvalue weighted by atomic mass is 9.86. The van der Waals surface area contributed by atoms with Gasteiger partial charge in [-0.2, -0.15) is 0 Å². The van der Waals surface area contributed by atoms with E-state index in [2.05, 4.69) is 53.7 Å². The van der Waals surface area contributed by atoms with Crippen molar-refractivity contribution in [2.24, 2.45) is 5.92 Å². The van der Waals surface area contributed by atoms with Crippen molar-refractivity contribution in [2.45, 2.75) is 96.0 Å². The van der Waals surface area contributed by atoms with Crippen LogP contribution in [0.3, 0.4) is 0 Å². The molecule has 0 heterocycles. The molecule has 1 rings (SSSR count). The highest BCUT2D eigenvalue weighted by molar-refractivity contribution is 6.83. The van der Waals surface area contributed by atoms with Crippen molar-refractivity contribution in [3.8, 4) is 0 Å². The van der Waals surface area contributed by atoms with Crippen LogP contribution in [0.5, 0.6) is 0 Å². The van der Waals surface area contributed by atoms with Crippen LogP contribution < -0.4 is 0 Å². The standard InChI is InChI=1S/C18H36OSi/c1-14(2)20(15(3)4,16(5)6)13-9-11-17-10-7-8-12-18(17)19/h9,11,14-19H,7-8,10,12-13H2,1-6H3/b11-9+/t17-,18+/m1/s1. The van der Waals surface area contributed by atoms with Crippen LogP contribution in [0.25, 0.3) is 0 Å². The third kappa shape index (κ3) is 3.97. The van der Waals surface area contributed by atoms with E-state index < -0.39 is 8.07 Å². The maximum atomic E-state index is 10.1. The van der Waals surface area contributed by atoms with Crippen molar-refractivity contribution in [2.75, 3.05) is 0 Å². The van der Waals surface area contributed by atoms with Crippen LogP contribution in [0.2, 0.25) is 22.7 Å². The summed E-state index contributed by atoms with van der Waals surface area (Å²) in [6, 6.07) is 1.28. The van der Waals surface area contributed by atoms with E-state index >= 15 is 0 Å². The minimum atomic E-state index is -1.30. The van der Waals surface area contributed by atoms with Gasteiger partial charge in [0, 0.05) is 5.92 Å². The van der Waals surface area contributed by atoms with Gasteiger partial charge in [0.25, 0.3) is 0 Å². The lowest BCUT2D eigenvalue weighted by Gasteiger charge is -2.43. The Kier molecular flexibility index (Phi) is 7.00. The smallest absolute Gasteiger partial charge is 0.0650 e. The molecule has 0 amide bonds. The zero-order valence-electron chi connectivity index (χ0n) is 14.5. The average molecular weight is 297 g/mol. The van der Waals surface area contributed by atoms with E-state index in [9.17, 15) is 5.11 Å². The summed E-state index contributed by atoms with van der Waals surface area (Å²) >= 11 is 0. The Bertz CT molecular complexity index is 285. The summed E-state index contributed by atoms with van der Waals surface area (Å²) in [5.74, 6) is 0.418. The quantitative estimate of drug-likeness (QED) is 0.487. The zero-order chi connectivity index (χ0) is 15.3. The highest BCUT2D eigenvalue weighted by Crippen LogP contribution is 2.44. The third-order valence-corrected chi connectivity index (χ3v) is 13.3. The molecule has 2 atom stereocenters. The largest absolute Gasteiger partial charge is 0.393 e. The maximum absolute atomic E-state index is 10.1. The Morgan fingerprint density at radius 3 is 1.90 bits per heavy atom. The van der Waals surface area contributed by atoms with Crippen LogP contribution in [0.4, 0.5) is 0 Å². The molecule has 0 aliphatic heterocycles. The summed E-state index contributed by atoms with van der Waals surface area (Å²) in [4.78, 5) is 0. The van der Waals surface area contributed by atoms with Crippen molar-refractivity contribution in [3.63, 3.8) is 0 Å². The molecule has 0 bridgehead atoms. The summed E-state index contributed by atoms with van der Waals surface area (Å²) in [7, 11) is -1.30. The highest BCUT2D eigenvalue weighted by atomic mass is 28.3. The lowest BCUT2D eigenvalue weighted by molar-refractivity contribution is 0.0927. The fourth-order valence-corrected chi connectivity index (χ4v) is 10.5. The van der Waals surface area contributed by atoms with Gasteiger partial charge in [-0.3, -0.25) is 0 Å². The summed E-state index contributed by atoms with van der Waals surface area (Å²) in [5, 5.41) is 10.1. The van der Waals surface area contributed by atoms with Crippen LogP contribution in [0.15, 0.2) is 12.2 Å². The van der Waals surface area contributed by atoms with Gasteiger partial charge in [-0.1, -0.05) is 83.2 Å². The number of hydrogen-bond acceptors (Lipinski definition) is 1. The predicted octanol–water partition coefficient (Wildman–Crippen LogP) is 5.77.